The van der Waals surface area contributed by atoms with Gasteiger partial charge in [-0.25, -0.2) is 13.4 Å². The summed E-state index contributed by atoms with van der Waals surface area (Å²) in [5.41, 5.74) is 2.02. The van der Waals surface area contributed by atoms with Gasteiger partial charge in [0.05, 0.1) is 24.6 Å². The molecule has 0 radical (unpaired) electrons. The Kier molecular flexibility index (Phi) is 6.85. The Morgan fingerprint density at radius 1 is 1.32 bits per heavy atom. The summed E-state index contributed by atoms with van der Waals surface area (Å²) in [6, 6.07) is 3.94. The molecule has 154 valence electrons. The molecule has 0 bridgehead atoms. The summed E-state index contributed by atoms with van der Waals surface area (Å²) in [4.78, 5) is 10.7. The lowest BCUT2D eigenvalue weighted by Crippen LogP contribution is -2.39. The lowest BCUT2D eigenvalue weighted by molar-refractivity contribution is -0.0127. The van der Waals surface area contributed by atoms with Crippen molar-refractivity contribution in [1.82, 2.24) is 19.4 Å². The van der Waals surface area contributed by atoms with Crippen LogP contribution in [0.3, 0.4) is 0 Å². The maximum atomic E-state index is 12.1. The van der Waals surface area contributed by atoms with Crippen molar-refractivity contribution in [2.75, 3.05) is 19.3 Å². The molecule has 8 heteroatoms. The molecule has 1 aliphatic heterocycles. The van der Waals surface area contributed by atoms with Gasteiger partial charge >= 0.3 is 0 Å². The minimum atomic E-state index is -3.35. The van der Waals surface area contributed by atoms with Crippen molar-refractivity contribution in [3.8, 4) is 0 Å². The maximum Gasteiger partial charge on any atom is 0.227 e. The van der Waals surface area contributed by atoms with E-state index in [1.807, 2.05) is 22.9 Å². The molecular weight excluding hydrogens is 376 g/mol. The number of imidazole rings is 1. The largest absolute Gasteiger partial charge is 0.372 e. The van der Waals surface area contributed by atoms with Crippen LogP contribution < -0.4 is 0 Å². The van der Waals surface area contributed by atoms with Gasteiger partial charge in [0.15, 0.2) is 0 Å². The number of pyridine rings is 1. The van der Waals surface area contributed by atoms with E-state index in [0.29, 0.717) is 25.6 Å². The Labute approximate surface area is 167 Å². The summed E-state index contributed by atoms with van der Waals surface area (Å²) in [6.07, 6.45) is 8.79. The van der Waals surface area contributed by atoms with Gasteiger partial charge in [-0.05, 0) is 36.9 Å². The van der Waals surface area contributed by atoms with Gasteiger partial charge in [0.25, 0.3) is 0 Å². The lowest BCUT2D eigenvalue weighted by atomic mass is 10.1. The van der Waals surface area contributed by atoms with Crippen LogP contribution in [0.4, 0.5) is 0 Å². The van der Waals surface area contributed by atoms with Crippen LogP contribution in [-0.2, 0) is 34.3 Å². The fraction of sp³-hybridized carbons (Fsp3) is 0.600. The van der Waals surface area contributed by atoms with Crippen LogP contribution in [0.1, 0.15) is 37.9 Å². The van der Waals surface area contributed by atoms with Gasteiger partial charge < -0.3 is 9.30 Å². The second kappa shape index (κ2) is 9.15. The number of hydrogen-bond acceptors (Lipinski definition) is 6. The number of sulfone groups is 1. The third-order valence-electron chi connectivity index (χ3n) is 4.84. The molecule has 1 fully saturated rings. The van der Waals surface area contributed by atoms with Crippen LogP contribution in [0.5, 0.6) is 0 Å². The number of nitrogens with zero attached hydrogens (tertiary/aromatic N) is 4. The predicted molar refractivity (Wildman–Crippen MR) is 107 cm³/mol. The number of ether oxygens (including phenoxy) is 1. The van der Waals surface area contributed by atoms with E-state index in [4.69, 9.17) is 4.74 Å². The van der Waals surface area contributed by atoms with Gasteiger partial charge in [-0.1, -0.05) is 19.9 Å². The van der Waals surface area contributed by atoms with E-state index in [2.05, 4.69) is 28.7 Å². The summed E-state index contributed by atoms with van der Waals surface area (Å²) in [6.45, 7) is 7.87. The lowest BCUT2D eigenvalue weighted by Gasteiger charge is -2.32. The number of piperidine rings is 1. The molecular formula is C20H30N4O3S. The van der Waals surface area contributed by atoms with Crippen LogP contribution in [0, 0.1) is 5.92 Å². The Balaban J connectivity index is 1.65. The average molecular weight is 407 g/mol. The first-order valence-electron chi connectivity index (χ1n) is 9.80. The summed E-state index contributed by atoms with van der Waals surface area (Å²) in [5, 5.41) is 0.164. The van der Waals surface area contributed by atoms with Crippen molar-refractivity contribution in [3.05, 3.63) is 42.0 Å². The number of hydrogen-bond donors (Lipinski definition) is 0. The van der Waals surface area contributed by atoms with Crippen LogP contribution in [0.25, 0.3) is 0 Å². The summed E-state index contributed by atoms with van der Waals surface area (Å²) < 4.78 is 32.1. The molecule has 7 nitrogen and oxygen atoms in total. The standard InChI is InChI=1S/C20H30N4O3S/c1-16(2)12-24-18(11-22-20(24)28(3,25)26)13-23-9-5-7-19(14-23)27-15-17-6-4-8-21-10-17/h4,6,8,10-11,16,19H,5,7,9,12-15H2,1-3H3. The average Bonchev–Trinajstić information content (AvgIpc) is 3.03. The monoisotopic (exact) mass is 406 g/mol. The fourth-order valence-corrected chi connectivity index (χ4v) is 4.43. The van der Waals surface area contributed by atoms with Gasteiger partial charge in [-0.3, -0.25) is 9.88 Å². The highest BCUT2D eigenvalue weighted by atomic mass is 32.2. The third-order valence-corrected chi connectivity index (χ3v) is 5.83. The molecule has 0 saturated carbocycles. The number of likely N-dealkylation sites (tertiary alicyclic amines) is 1. The molecule has 0 amide bonds. The molecule has 1 saturated heterocycles. The molecule has 1 unspecified atom stereocenters. The first-order valence-corrected chi connectivity index (χ1v) is 11.7. The highest BCUT2D eigenvalue weighted by Crippen LogP contribution is 2.20. The van der Waals surface area contributed by atoms with Crippen LogP contribution in [0.2, 0.25) is 0 Å². The third kappa shape index (κ3) is 5.62. The quantitative estimate of drug-likeness (QED) is 0.670. The van der Waals surface area contributed by atoms with Crippen molar-refractivity contribution in [2.24, 2.45) is 5.92 Å². The highest BCUT2D eigenvalue weighted by Gasteiger charge is 2.24. The van der Waals surface area contributed by atoms with E-state index >= 15 is 0 Å². The predicted octanol–water partition coefficient (Wildman–Crippen LogP) is 2.52. The molecule has 28 heavy (non-hydrogen) atoms. The fourth-order valence-electron chi connectivity index (χ4n) is 3.59. The zero-order valence-corrected chi connectivity index (χ0v) is 17.7. The maximum absolute atomic E-state index is 12.1. The summed E-state index contributed by atoms with van der Waals surface area (Å²) in [7, 11) is -3.35. The molecule has 1 aliphatic rings. The van der Waals surface area contributed by atoms with E-state index in [0.717, 1.165) is 37.2 Å². The van der Waals surface area contributed by atoms with Gasteiger partial charge in [0.1, 0.15) is 0 Å². The van der Waals surface area contributed by atoms with E-state index < -0.39 is 9.84 Å². The van der Waals surface area contributed by atoms with E-state index in [-0.39, 0.29) is 11.3 Å². The summed E-state index contributed by atoms with van der Waals surface area (Å²) >= 11 is 0. The molecule has 1 atom stereocenters. The van der Waals surface area contributed by atoms with Crippen LogP contribution >= 0.6 is 0 Å². The molecule has 2 aromatic heterocycles. The van der Waals surface area contributed by atoms with Gasteiger partial charge in [-0.15, -0.1) is 0 Å². The zero-order valence-electron chi connectivity index (χ0n) is 16.9. The topological polar surface area (TPSA) is 77.3 Å². The Hall–Kier alpha value is -1.77. The summed E-state index contributed by atoms with van der Waals surface area (Å²) in [5.74, 6) is 0.338. The second-order valence-corrected chi connectivity index (χ2v) is 9.89. The zero-order chi connectivity index (χ0) is 20.1. The van der Waals surface area contributed by atoms with Gasteiger partial charge in [0.2, 0.25) is 15.0 Å². The minimum absolute atomic E-state index is 0.164. The molecule has 3 rings (SSSR count). The van der Waals surface area contributed by atoms with Crippen molar-refractivity contribution in [2.45, 2.75) is 57.6 Å². The SMILES string of the molecule is CC(C)Cn1c(CN2CCCC(OCc3cccnc3)C2)cnc1S(C)(=O)=O. The number of aromatic nitrogens is 3. The van der Waals surface area contributed by atoms with E-state index in [1.54, 1.807) is 12.4 Å². The van der Waals surface area contributed by atoms with Crippen molar-refractivity contribution in [3.63, 3.8) is 0 Å². The molecule has 3 heterocycles. The first-order chi connectivity index (χ1) is 13.3. The highest BCUT2D eigenvalue weighted by molar-refractivity contribution is 7.90. The second-order valence-electron chi connectivity index (χ2n) is 7.98. The Bertz CT molecular complexity index is 865. The van der Waals surface area contributed by atoms with Gasteiger partial charge in [-0.2, -0.15) is 0 Å². The normalized spacial score (nSPS) is 18.6. The van der Waals surface area contributed by atoms with Crippen molar-refractivity contribution < 1.29 is 13.2 Å². The molecule has 2 aromatic rings. The minimum Gasteiger partial charge on any atom is -0.372 e. The van der Waals surface area contributed by atoms with Crippen LogP contribution in [-0.4, -0.2) is 53.3 Å². The van der Waals surface area contributed by atoms with Crippen molar-refractivity contribution >= 4 is 9.84 Å². The van der Waals surface area contributed by atoms with E-state index in [9.17, 15) is 8.42 Å². The molecule has 0 aromatic carbocycles. The van der Waals surface area contributed by atoms with Crippen LogP contribution in [0.15, 0.2) is 35.9 Å². The van der Waals surface area contributed by atoms with Crippen molar-refractivity contribution in [1.29, 1.82) is 0 Å². The first kappa shape index (κ1) is 21.0. The smallest absolute Gasteiger partial charge is 0.227 e. The van der Waals surface area contributed by atoms with E-state index in [1.165, 1.54) is 6.26 Å². The molecule has 0 aliphatic carbocycles. The molecule has 0 N–H and O–H groups in total. The Morgan fingerprint density at radius 2 is 2.14 bits per heavy atom. The molecule has 0 spiro atoms. The van der Waals surface area contributed by atoms with Gasteiger partial charge in [0, 0.05) is 38.3 Å². The number of rotatable bonds is 8. The Morgan fingerprint density at radius 3 is 2.82 bits per heavy atom.